The summed E-state index contributed by atoms with van der Waals surface area (Å²) in [4.78, 5) is 14.5. The van der Waals surface area contributed by atoms with Gasteiger partial charge in [-0.05, 0) is 61.7 Å². The fourth-order valence-corrected chi connectivity index (χ4v) is 4.77. The maximum absolute atomic E-state index is 12.1. The molecule has 2 atom stereocenters. The number of nitrogens with zero attached hydrogens (tertiary/aromatic N) is 1. The first-order valence-electron chi connectivity index (χ1n) is 12.0. The second kappa shape index (κ2) is 10.7. The third-order valence-electron chi connectivity index (χ3n) is 6.31. The molecule has 33 heavy (non-hydrogen) atoms. The normalized spacial score (nSPS) is 16.7. The largest absolute Gasteiger partial charge is 0.494 e. The van der Waals surface area contributed by atoms with Crippen LogP contribution in [0.25, 0.3) is 10.8 Å². The zero-order valence-corrected chi connectivity index (χ0v) is 19.8. The van der Waals surface area contributed by atoms with Gasteiger partial charge in [0.2, 0.25) is 0 Å². The van der Waals surface area contributed by atoms with Gasteiger partial charge in [0.1, 0.15) is 5.75 Å². The lowest BCUT2D eigenvalue weighted by Crippen LogP contribution is -2.34. The predicted molar refractivity (Wildman–Crippen MR) is 134 cm³/mol. The van der Waals surface area contributed by atoms with Gasteiger partial charge in [-0.1, -0.05) is 42.5 Å². The third-order valence-corrected chi connectivity index (χ3v) is 6.31. The summed E-state index contributed by atoms with van der Waals surface area (Å²) in [7, 11) is 0. The van der Waals surface area contributed by atoms with Gasteiger partial charge >= 0.3 is 5.97 Å². The van der Waals surface area contributed by atoms with Gasteiger partial charge in [-0.2, -0.15) is 0 Å². The van der Waals surface area contributed by atoms with Gasteiger partial charge in [-0.15, -0.1) is 0 Å². The molecule has 174 valence electrons. The highest BCUT2D eigenvalue weighted by Crippen LogP contribution is 2.30. The lowest BCUT2D eigenvalue weighted by molar-refractivity contribution is -0.142. The first kappa shape index (κ1) is 23.1. The van der Waals surface area contributed by atoms with Crippen molar-refractivity contribution in [1.82, 2.24) is 5.32 Å². The van der Waals surface area contributed by atoms with Crippen molar-refractivity contribution >= 4 is 22.4 Å². The Hall–Kier alpha value is -3.05. The fourth-order valence-electron chi connectivity index (χ4n) is 4.77. The van der Waals surface area contributed by atoms with Gasteiger partial charge in [-0.25, -0.2) is 0 Å². The van der Waals surface area contributed by atoms with E-state index in [-0.39, 0.29) is 18.4 Å². The summed E-state index contributed by atoms with van der Waals surface area (Å²) in [6.45, 7) is 8.89. The van der Waals surface area contributed by atoms with Gasteiger partial charge in [0.25, 0.3) is 0 Å². The first-order valence-corrected chi connectivity index (χ1v) is 12.0. The van der Waals surface area contributed by atoms with Crippen LogP contribution in [-0.4, -0.2) is 38.3 Å². The molecule has 5 nitrogen and oxygen atoms in total. The summed E-state index contributed by atoms with van der Waals surface area (Å²) in [5.41, 5.74) is 3.34. The minimum absolute atomic E-state index is 0.222. The molecule has 1 saturated heterocycles. The molecule has 0 spiro atoms. The quantitative estimate of drug-likeness (QED) is 0.454. The summed E-state index contributed by atoms with van der Waals surface area (Å²) in [6.07, 6.45) is 1.31. The highest BCUT2D eigenvalue weighted by Gasteiger charge is 2.25. The van der Waals surface area contributed by atoms with Crippen molar-refractivity contribution in [3.63, 3.8) is 0 Å². The lowest BCUT2D eigenvalue weighted by Gasteiger charge is -2.23. The fraction of sp³-hybridized carbons (Fsp3) is 0.393. The Bertz CT molecular complexity index is 1090. The zero-order chi connectivity index (χ0) is 23.2. The molecule has 1 aliphatic heterocycles. The SMILES string of the molecule is CCOC(=O)Cc1cc(N2CC[C@H](N[C@H](C)c3cccc4ccccc34)C2)ccc1OCC. The standard InChI is InChI=1S/C28H34N2O3/c1-4-32-27-14-13-24(17-22(27)18-28(31)33-5-2)30-16-15-23(19-30)29-20(3)25-12-8-10-21-9-6-7-11-26(21)25/h6-14,17,20,23,29H,4-5,15-16,18-19H2,1-3H3/t20-,23+/m1/s1. The Morgan fingerprint density at radius 1 is 1.09 bits per heavy atom. The van der Waals surface area contributed by atoms with Crippen LogP contribution in [0, 0.1) is 0 Å². The van der Waals surface area contributed by atoms with E-state index in [4.69, 9.17) is 9.47 Å². The van der Waals surface area contributed by atoms with E-state index in [1.54, 1.807) is 0 Å². The van der Waals surface area contributed by atoms with E-state index < -0.39 is 0 Å². The summed E-state index contributed by atoms with van der Waals surface area (Å²) < 4.78 is 10.9. The minimum atomic E-state index is -0.222. The van der Waals surface area contributed by atoms with Crippen LogP contribution in [0.15, 0.2) is 60.7 Å². The van der Waals surface area contributed by atoms with Crippen molar-refractivity contribution in [3.05, 3.63) is 71.8 Å². The number of ether oxygens (including phenoxy) is 2. The molecular weight excluding hydrogens is 412 g/mol. The molecule has 3 aromatic carbocycles. The van der Waals surface area contributed by atoms with Crippen LogP contribution in [-0.2, 0) is 16.0 Å². The molecule has 1 heterocycles. The van der Waals surface area contributed by atoms with Gasteiger partial charge < -0.3 is 19.7 Å². The molecule has 1 N–H and O–H groups in total. The number of carbonyl (C=O) groups excluding carboxylic acids is 1. The Morgan fingerprint density at radius 3 is 2.73 bits per heavy atom. The molecule has 1 aliphatic rings. The van der Waals surface area contributed by atoms with Crippen molar-refractivity contribution in [1.29, 1.82) is 0 Å². The van der Waals surface area contributed by atoms with Gasteiger partial charge in [0.05, 0.1) is 19.6 Å². The van der Waals surface area contributed by atoms with E-state index in [2.05, 4.69) is 71.7 Å². The number of benzene rings is 3. The highest BCUT2D eigenvalue weighted by molar-refractivity contribution is 5.86. The molecule has 1 fully saturated rings. The highest BCUT2D eigenvalue weighted by atomic mass is 16.5. The molecule has 0 bridgehead atoms. The Kier molecular flexibility index (Phi) is 7.50. The van der Waals surface area contributed by atoms with Gasteiger partial charge in [0, 0.05) is 36.4 Å². The summed E-state index contributed by atoms with van der Waals surface area (Å²) >= 11 is 0. The van der Waals surface area contributed by atoms with Crippen LogP contribution in [0.5, 0.6) is 5.75 Å². The zero-order valence-electron chi connectivity index (χ0n) is 19.8. The summed E-state index contributed by atoms with van der Waals surface area (Å²) in [5.74, 6) is 0.535. The molecule has 0 unspecified atom stereocenters. The maximum Gasteiger partial charge on any atom is 0.310 e. The first-order chi connectivity index (χ1) is 16.1. The van der Waals surface area contributed by atoms with Crippen LogP contribution in [0.4, 0.5) is 5.69 Å². The smallest absolute Gasteiger partial charge is 0.310 e. The van der Waals surface area contributed by atoms with E-state index >= 15 is 0 Å². The summed E-state index contributed by atoms with van der Waals surface area (Å²) in [6, 6.07) is 21.9. The van der Waals surface area contributed by atoms with Gasteiger partial charge in [-0.3, -0.25) is 4.79 Å². The van der Waals surface area contributed by atoms with Gasteiger partial charge in [0.15, 0.2) is 0 Å². The third kappa shape index (κ3) is 5.48. The second-order valence-electron chi connectivity index (χ2n) is 8.60. The van der Waals surface area contributed by atoms with E-state index in [1.807, 2.05) is 19.9 Å². The molecular formula is C28H34N2O3. The van der Waals surface area contributed by atoms with E-state index in [0.29, 0.717) is 19.3 Å². The molecule has 0 saturated carbocycles. The Morgan fingerprint density at radius 2 is 1.91 bits per heavy atom. The topological polar surface area (TPSA) is 50.8 Å². The van der Waals surface area contributed by atoms with Crippen LogP contribution in [0.2, 0.25) is 0 Å². The number of hydrogen-bond donors (Lipinski definition) is 1. The molecule has 4 rings (SSSR count). The Balaban J connectivity index is 1.45. The average Bonchev–Trinajstić information content (AvgIpc) is 3.28. The second-order valence-corrected chi connectivity index (χ2v) is 8.60. The van der Waals surface area contributed by atoms with Crippen molar-refractivity contribution in [2.75, 3.05) is 31.2 Å². The van der Waals surface area contributed by atoms with Crippen molar-refractivity contribution in [2.24, 2.45) is 0 Å². The summed E-state index contributed by atoms with van der Waals surface area (Å²) in [5, 5.41) is 6.43. The van der Waals surface area contributed by atoms with Crippen LogP contribution >= 0.6 is 0 Å². The molecule has 0 aromatic heterocycles. The maximum atomic E-state index is 12.1. The van der Waals surface area contributed by atoms with Crippen molar-refractivity contribution in [2.45, 2.75) is 45.7 Å². The number of rotatable bonds is 9. The molecule has 0 amide bonds. The van der Waals surface area contributed by atoms with Crippen LogP contribution in [0.1, 0.15) is 44.4 Å². The van der Waals surface area contributed by atoms with E-state index in [1.165, 1.54) is 16.3 Å². The molecule has 5 heteroatoms. The number of anilines is 1. The van der Waals surface area contributed by atoms with Crippen LogP contribution in [0.3, 0.4) is 0 Å². The van der Waals surface area contributed by atoms with Crippen molar-refractivity contribution in [3.8, 4) is 5.75 Å². The monoisotopic (exact) mass is 446 g/mol. The number of hydrogen-bond acceptors (Lipinski definition) is 5. The lowest BCUT2D eigenvalue weighted by atomic mass is 9.99. The number of carbonyl (C=O) groups is 1. The molecule has 0 aliphatic carbocycles. The van der Waals surface area contributed by atoms with E-state index in [0.717, 1.165) is 36.5 Å². The Labute approximate surface area is 196 Å². The minimum Gasteiger partial charge on any atom is -0.494 e. The number of esters is 1. The van der Waals surface area contributed by atoms with Crippen LogP contribution < -0.4 is 15.0 Å². The van der Waals surface area contributed by atoms with Crippen molar-refractivity contribution < 1.29 is 14.3 Å². The number of nitrogens with one attached hydrogen (secondary N) is 1. The number of fused-ring (bicyclic) bond motifs is 1. The predicted octanol–water partition coefficient (Wildman–Crippen LogP) is 5.27. The van der Waals surface area contributed by atoms with E-state index in [9.17, 15) is 4.79 Å². The molecule has 3 aromatic rings. The molecule has 0 radical (unpaired) electrons. The average molecular weight is 447 g/mol.